The van der Waals surface area contributed by atoms with Gasteiger partial charge in [0.15, 0.2) is 0 Å². The highest BCUT2D eigenvalue weighted by Crippen LogP contribution is 2.14. The molecule has 0 aliphatic heterocycles. The van der Waals surface area contributed by atoms with Gasteiger partial charge in [-0.25, -0.2) is 0 Å². The van der Waals surface area contributed by atoms with E-state index in [-0.39, 0.29) is 18.2 Å². The maximum atomic E-state index is 9.36. The lowest BCUT2D eigenvalue weighted by atomic mass is 9.96. The van der Waals surface area contributed by atoms with E-state index < -0.39 is 0 Å². The van der Waals surface area contributed by atoms with Gasteiger partial charge in [0.2, 0.25) is 0 Å². The van der Waals surface area contributed by atoms with Gasteiger partial charge in [0, 0.05) is 12.1 Å². The summed E-state index contributed by atoms with van der Waals surface area (Å²) in [4.78, 5) is 0. The van der Waals surface area contributed by atoms with Crippen molar-refractivity contribution in [2.75, 3.05) is 19.8 Å². The molecule has 0 heterocycles. The summed E-state index contributed by atoms with van der Waals surface area (Å²) < 4.78 is 5.74. The molecule has 0 aromatic heterocycles. The van der Waals surface area contributed by atoms with Crippen LogP contribution in [0.2, 0.25) is 0 Å². The molecular formula is C13H29NO2. The molecule has 0 saturated carbocycles. The maximum Gasteiger partial charge on any atom is 0.0611 e. The average molecular weight is 231 g/mol. The average Bonchev–Trinajstić information content (AvgIpc) is 2.25. The number of hydrogen-bond acceptors (Lipinski definition) is 3. The number of unbranched alkanes of at least 4 members (excludes halogenated alkanes) is 2. The molecule has 0 saturated heterocycles. The van der Waals surface area contributed by atoms with Crippen LogP contribution in [0.15, 0.2) is 0 Å². The molecule has 0 aliphatic carbocycles. The first kappa shape index (κ1) is 15.9. The Kier molecular flexibility index (Phi) is 8.90. The number of aliphatic hydroxyl groups is 1. The maximum absolute atomic E-state index is 9.36. The molecule has 0 amide bonds. The fraction of sp³-hybridized carbons (Fsp3) is 1.00. The van der Waals surface area contributed by atoms with Crippen LogP contribution in [0.3, 0.4) is 0 Å². The van der Waals surface area contributed by atoms with E-state index in [0.717, 1.165) is 26.0 Å². The second kappa shape index (κ2) is 8.97. The molecule has 3 nitrogen and oxygen atoms in total. The predicted molar refractivity (Wildman–Crippen MR) is 68.7 cm³/mol. The number of aliphatic hydroxyl groups excluding tert-OH is 1. The summed E-state index contributed by atoms with van der Waals surface area (Å²) in [6, 6.07) is 0. The van der Waals surface area contributed by atoms with Crippen LogP contribution in [-0.4, -0.2) is 36.5 Å². The molecule has 0 rings (SSSR count). The van der Waals surface area contributed by atoms with Crippen molar-refractivity contribution in [2.24, 2.45) is 0 Å². The van der Waals surface area contributed by atoms with Crippen LogP contribution in [0.25, 0.3) is 0 Å². The summed E-state index contributed by atoms with van der Waals surface area (Å²) >= 11 is 0. The molecule has 0 bridgehead atoms. The van der Waals surface area contributed by atoms with Crippen LogP contribution < -0.4 is 5.32 Å². The summed E-state index contributed by atoms with van der Waals surface area (Å²) in [5.74, 6) is 0. The van der Waals surface area contributed by atoms with Gasteiger partial charge in [-0.1, -0.05) is 26.7 Å². The summed E-state index contributed by atoms with van der Waals surface area (Å²) in [5.41, 5.74) is -0.209. The van der Waals surface area contributed by atoms with Crippen molar-refractivity contribution in [3.63, 3.8) is 0 Å². The van der Waals surface area contributed by atoms with Crippen LogP contribution in [0.1, 0.15) is 53.4 Å². The van der Waals surface area contributed by atoms with Crippen LogP contribution in [0, 0.1) is 0 Å². The van der Waals surface area contributed by atoms with Gasteiger partial charge in [-0.3, -0.25) is 0 Å². The van der Waals surface area contributed by atoms with Crippen LogP contribution in [-0.2, 0) is 4.74 Å². The fourth-order valence-corrected chi connectivity index (χ4v) is 1.95. The number of hydrogen-bond donors (Lipinski definition) is 2. The van der Waals surface area contributed by atoms with Gasteiger partial charge in [0.05, 0.1) is 12.7 Å². The summed E-state index contributed by atoms with van der Waals surface area (Å²) in [7, 11) is 0. The Morgan fingerprint density at radius 1 is 1.31 bits per heavy atom. The van der Waals surface area contributed by atoms with E-state index in [2.05, 4.69) is 26.1 Å². The van der Waals surface area contributed by atoms with E-state index in [1.165, 1.54) is 12.8 Å². The first-order chi connectivity index (χ1) is 7.58. The number of ether oxygens (including phenoxy) is 1. The monoisotopic (exact) mass is 231 g/mol. The van der Waals surface area contributed by atoms with Crippen molar-refractivity contribution < 1.29 is 9.84 Å². The summed E-state index contributed by atoms with van der Waals surface area (Å²) in [5, 5.41) is 12.7. The van der Waals surface area contributed by atoms with Crippen molar-refractivity contribution in [2.45, 2.75) is 65.0 Å². The van der Waals surface area contributed by atoms with Crippen molar-refractivity contribution in [3.8, 4) is 0 Å². The largest absolute Gasteiger partial charge is 0.394 e. The highest BCUT2D eigenvalue weighted by Gasteiger charge is 2.24. The third-order valence-electron chi connectivity index (χ3n) is 2.84. The van der Waals surface area contributed by atoms with E-state index in [1.54, 1.807) is 0 Å². The van der Waals surface area contributed by atoms with Gasteiger partial charge in [-0.05, 0) is 33.2 Å². The van der Waals surface area contributed by atoms with Crippen molar-refractivity contribution >= 4 is 0 Å². The lowest BCUT2D eigenvalue weighted by molar-refractivity contribution is 0.0268. The first-order valence-corrected chi connectivity index (χ1v) is 6.55. The highest BCUT2D eigenvalue weighted by molar-refractivity contribution is 4.83. The molecular weight excluding hydrogens is 202 g/mol. The Balaban J connectivity index is 3.77. The molecule has 2 N–H and O–H groups in total. The van der Waals surface area contributed by atoms with Crippen LogP contribution in [0.5, 0.6) is 0 Å². The topological polar surface area (TPSA) is 41.5 Å². The van der Waals surface area contributed by atoms with E-state index in [9.17, 15) is 5.11 Å². The predicted octanol–water partition coefficient (Wildman–Crippen LogP) is 2.33. The molecule has 0 fully saturated rings. The highest BCUT2D eigenvalue weighted by atomic mass is 16.5. The lowest BCUT2D eigenvalue weighted by Gasteiger charge is -2.31. The zero-order valence-electron chi connectivity index (χ0n) is 11.4. The standard InChI is InChI=1S/C13H29NO2/c1-5-7-8-9-16-12(3)10-13(4,11-15)14-6-2/h12,14-15H,5-11H2,1-4H3. The van der Waals surface area contributed by atoms with Gasteiger partial charge < -0.3 is 15.2 Å². The molecule has 2 atom stereocenters. The van der Waals surface area contributed by atoms with Gasteiger partial charge in [-0.15, -0.1) is 0 Å². The molecule has 0 aromatic rings. The SMILES string of the molecule is CCCCCOC(C)CC(C)(CO)NCC. The minimum atomic E-state index is -0.209. The second-order valence-electron chi connectivity index (χ2n) is 4.84. The van der Waals surface area contributed by atoms with Gasteiger partial charge in [-0.2, -0.15) is 0 Å². The second-order valence-corrected chi connectivity index (χ2v) is 4.84. The van der Waals surface area contributed by atoms with Gasteiger partial charge in [0.25, 0.3) is 0 Å². The van der Waals surface area contributed by atoms with E-state index in [0.29, 0.717) is 0 Å². The zero-order chi connectivity index (χ0) is 12.4. The third-order valence-corrected chi connectivity index (χ3v) is 2.84. The Bertz CT molecular complexity index is 164. The molecule has 0 radical (unpaired) electrons. The van der Waals surface area contributed by atoms with E-state index in [4.69, 9.17) is 4.74 Å². The smallest absolute Gasteiger partial charge is 0.0611 e. The van der Waals surface area contributed by atoms with Crippen LogP contribution in [0.4, 0.5) is 0 Å². The van der Waals surface area contributed by atoms with Crippen LogP contribution >= 0.6 is 0 Å². The lowest BCUT2D eigenvalue weighted by Crippen LogP contribution is -2.48. The Hall–Kier alpha value is -0.120. The molecule has 0 aliphatic rings. The molecule has 0 aromatic carbocycles. The summed E-state index contributed by atoms with van der Waals surface area (Å²) in [6.45, 7) is 10.2. The quantitative estimate of drug-likeness (QED) is 0.567. The zero-order valence-corrected chi connectivity index (χ0v) is 11.4. The first-order valence-electron chi connectivity index (χ1n) is 6.55. The third kappa shape index (κ3) is 7.20. The minimum Gasteiger partial charge on any atom is -0.394 e. The summed E-state index contributed by atoms with van der Waals surface area (Å²) in [6.07, 6.45) is 4.65. The van der Waals surface area contributed by atoms with Gasteiger partial charge >= 0.3 is 0 Å². The Morgan fingerprint density at radius 2 is 2.00 bits per heavy atom. The number of rotatable bonds is 10. The molecule has 0 spiro atoms. The number of nitrogens with one attached hydrogen (secondary N) is 1. The fourth-order valence-electron chi connectivity index (χ4n) is 1.95. The van der Waals surface area contributed by atoms with Crippen molar-refractivity contribution in [1.82, 2.24) is 5.32 Å². The number of likely N-dealkylation sites (N-methyl/N-ethyl adjacent to an activating group) is 1. The molecule has 3 heteroatoms. The Morgan fingerprint density at radius 3 is 2.50 bits per heavy atom. The van der Waals surface area contributed by atoms with Gasteiger partial charge in [0.1, 0.15) is 0 Å². The van der Waals surface area contributed by atoms with Crippen molar-refractivity contribution in [3.05, 3.63) is 0 Å². The van der Waals surface area contributed by atoms with E-state index >= 15 is 0 Å². The minimum absolute atomic E-state index is 0.156. The molecule has 16 heavy (non-hydrogen) atoms. The normalized spacial score (nSPS) is 17.1. The molecule has 98 valence electrons. The Labute approximate surface area is 101 Å². The van der Waals surface area contributed by atoms with E-state index in [1.807, 2.05) is 6.92 Å². The molecule has 2 unspecified atom stereocenters. The van der Waals surface area contributed by atoms with Crippen molar-refractivity contribution in [1.29, 1.82) is 0 Å².